The van der Waals surface area contributed by atoms with Gasteiger partial charge in [-0.1, -0.05) is 0 Å². The third-order valence-corrected chi connectivity index (χ3v) is 3.38. The van der Waals surface area contributed by atoms with Crippen molar-refractivity contribution < 1.29 is 33.5 Å². The summed E-state index contributed by atoms with van der Waals surface area (Å²) in [6, 6.07) is 1.48. The number of nitro benzene ring substituents is 1. The average Bonchev–Trinajstić information content (AvgIpc) is 2.57. The lowest BCUT2D eigenvalue weighted by Gasteiger charge is -2.23. The molecule has 0 bridgehead atoms. The van der Waals surface area contributed by atoms with E-state index in [1.54, 1.807) is 20.8 Å². The minimum atomic E-state index is -1.09. The van der Waals surface area contributed by atoms with E-state index in [2.05, 4.69) is 5.32 Å². The minimum absolute atomic E-state index is 0.00307. The van der Waals surface area contributed by atoms with Crippen LogP contribution >= 0.6 is 0 Å². The van der Waals surface area contributed by atoms with Crippen LogP contribution in [0.15, 0.2) is 12.1 Å². The van der Waals surface area contributed by atoms with Crippen molar-refractivity contribution in [3.8, 4) is 11.5 Å². The minimum Gasteiger partial charge on any atom is -0.496 e. The third-order valence-electron chi connectivity index (χ3n) is 3.38. The Labute approximate surface area is 156 Å². The van der Waals surface area contributed by atoms with Crippen molar-refractivity contribution in [3.63, 3.8) is 0 Å². The van der Waals surface area contributed by atoms with Crippen LogP contribution in [0, 0.1) is 10.1 Å². The first-order chi connectivity index (χ1) is 12.5. The van der Waals surface area contributed by atoms with Crippen LogP contribution in [0.1, 0.15) is 26.3 Å². The molecule has 1 atom stereocenters. The fourth-order valence-corrected chi connectivity index (χ4v) is 2.25. The molecule has 0 saturated carbocycles. The Morgan fingerprint density at radius 3 is 2.19 bits per heavy atom. The second kappa shape index (κ2) is 9.06. The summed E-state index contributed by atoms with van der Waals surface area (Å²) in [4.78, 5) is 34.6. The quantitative estimate of drug-likeness (QED) is 0.431. The van der Waals surface area contributed by atoms with Gasteiger partial charge in [-0.3, -0.25) is 10.1 Å². The lowest BCUT2D eigenvalue weighted by Crippen LogP contribution is -2.45. The predicted molar refractivity (Wildman–Crippen MR) is 95.1 cm³/mol. The van der Waals surface area contributed by atoms with E-state index in [9.17, 15) is 19.7 Å². The molecule has 0 aliphatic carbocycles. The van der Waals surface area contributed by atoms with Crippen LogP contribution in [0.5, 0.6) is 11.5 Å². The van der Waals surface area contributed by atoms with Crippen LogP contribution in [0.2, 0.25) is 0 Å². The Morgan fingerprint density at radius 2 is 1.74 bits per heavy atom. The first kappa shape index (κ1) is 22.0. The molecular weight excluding hydrogens is 360 g/mol. The highest BCUT2D eigenvalue weighted by Crippen LogP contribution is 2.35. The lowest BCUT2D eigenvalue weighted by molar-refractivity contribution is -0.385. The number of methoxy groups -OCH3 is 3. The molecule has 0 radical (unpaired) electrons. The molecule has 0 aliphatic heterocycles. The molecule has 0 aliphatic rings. The van der Waals surface area contributed by atoms with E-state index in [0.717, 1.165) is 0 Å². The van der Waals surface area contributed by atoms with E-state index in [0.29, 0.717) is 5.56 Å². The van der Waals surface area contributed by atoms with Gasteiger partial charge in [-0.05, 0) is 26.8 Å². The Bertz CT molecular complexity index is 712. The van der Waals surface area contributed by atoms with Gasteiger partial charge < -0.3 is 24.3 Å². The number of hydrogen-bond donors (Lipinski definition) is 1. The Kier molecular flexibility index (Phi) is 7.38. The SMILES string of the molecule is COC(=O)C(Cc1cc(OC)c([N+](=O)[O-])cc1OC)NC(=O)OC(C)(C)C. The summed E-state index contributed by atoms with van der Waals surface area (Å²) in [5.74, 6) is -0.542. The molecule has 1 rings (SSSR count). The van der Waals surface area contributed by atoms with Gasteiger partial charge in [0.25, 0.3) is 0 Å². The van der Waals surface area contributed by atoms with Crippen molar-refractivity contribution in [3.05, 3.63) is 27.8 Å². The Balaban J connectivity index is 3.19. The summed E-state index contributed by atoms with van der Waals surface area (Å²) in [6.45, 7) is 5.05. The van der Waals surface area contributed by atoms with Crippen molar-refractivity contribution in [2.24, 2.45) is 0 Å². The predicted octanol–water partition coefficient (Wildman–Crippen LogP) is 2.22. The molecule has 1 N–H and O–H groups in total. The summed E-state index contributed by atoms with van der Waals surface area (Å²) < 4.78 is 20.1. The Morgan fingerprint density at radius 1 is 1.15 bits per heavy atom. The van der Waals surface area contributed by atoms with E-state index in [4.69, 9.17) is 18.9 Å². The molecule has 1 aromatic rings. The van der Waals surface area contributed by atoms with Crippen LogP contribution in [-0.2, 0) is 20.7 Å². The highest BCUT2D eigenvalue weighted by molar-refractivity contribution is 5.82. The first-order valence-corrected chi connectivity index (χ1v) is 7.99. The number of benzene rings is 1. The standard InChI is InChI=1S/C17H24N2O8/c1-17(2,3)27-16(21)18-11(15(20)26-6)7-10-8-14(25-5)12(19(22)23)9-13(10)24-4/h8-9,11H,7H2,1-6H3,(H,18,21). The number of alkyl carbamates (subject to hydrolysis) is 1. The van der Waals surface area contributed by atoms with Crippen LogP contribution in [0.4, 0.5) is 10.5 Å². The van der Waals surface area contributed by atoms with Crippen LogP contribution < -0.4 is 14.8 Å². The maximum absolute atomic E-state index is 12.1. The number of ether oxygens (including phenoxy) is 4. The van der Waals surface area contributed by atoms with Crippen LogP contribution in [0.3, 0.4) is 0 Å². The van der Waals surface area contributed by atoms with Crippen molar-refractivity contribution in [2.45, 2.75) is 38.8 Å². The largest absolute Gasteiger partial charge is 0.496 e. The number of amides is 1. The second-order valence-electron chi connectivity index (χ2n) is 6.52. The molecule has 27 heavy (non-hydrogen) atoms. The second-order valence-corrected chi connectivity index (χ2v) is 6.52. The summed E-state index contributed by atoms with van der Waals surface area (Å²) in [5.41, 5.74) is -0.627. The zero-order chi connectivity index (χ0) is 20.8. The molecule has 150 valence electrons. The van der Waals surface area contributed by atoms with Gasteiger partial charge in [0.1, 0.15) is 17.4 Å². The summed E-state index contributed by atoms with van der Waals surface area (Å²) >= 11 is 0. The smallest absolute Gasteiger partial charge is 0.408 e. The number of esters is 1. The average molecular weight is 384 g/mol. The van der Waals surface area contributed by atoms with Gasteiger partial charge in [0.2, 0.25) is 0 Å². The number of nitro groups is 1. The van der Waals surface area contributed by atoms with Gasteiger partial charge in [0.05, 0.1) is 32.3 Å². The number of hydrogen-bond acceptors (Lipinski definition) is 8. The molecule has 1 unspecified atom stereocenters. The van der Waals surface area contributed by atoms with Gasteiger partial charge in [0.15, 0.2) is 5.75 Å². The fourth-order valence-electron chi connectivity index (χ4n) is 2.25. The number of nitrogens with zero attached hydrogens (tertiary/aromatic N) is 1. The molecule has 10 nitrogen and oxygen atoms in total. The fraction of sp³-hybridized carbons (Fsp3) is 0.529. The van der Waals surface area contributed by atoms with Gasteiger partial charge in [0, 0.05) is 12.0 Å². The third kappa shape index (κ3) is 6.32. The van der Waals surface area contributed by atoms with Gasteiger partial charge >= 0.3 is 17.7 Å². The molecule has 0 saturated heterocycles. The number of carbonyl (C=O) groups is 2. The van der Waals surface area contributed by atoms with Gasteiger partial charge in [-0.25, -0.2) is 9.59 Å². The first-order valence-electron chi connectivity index (χ1n) is 7.99. The molecule has 0 aromatic heterocycles. The van der Waals surface area contributed by atoms with Gasteiger partial charge in [-0.2, -0.15) is 0 Å². The summed E-state index contributed by atoms with van der Waals surface area (Å²) in [7, 11) is 3.80. The topological polar surface area (TPSA) is 126 Å². The van der Waals surface area contributed by atoms with E-state index >= 15 is 0 Å². The molecule has 1 amide bonds. The van der Waals surface area contributed by atoms with Crippen molar-refractivity contribution in [1.29, 1.82) is 0 Å². The van der Waals surface area contributed by atoms with Crippen molar-refractivity contribution in [2.75, 3.05) is 21.3 Å². The zero-order valence-electron chi connectivity index (χ0n) is 16.2. The maximum Gasteiger partial charge on any atom is 0.408 e. The van der Waals surface area contributed by atoms with Crippen molar-refractivity contribution >= 4 is 17.7 Å². The summed E-state index contributed by atoms with van der Waals surface area (Å²) in [6.07, 6.45) is -0.852. The van der Waals surface area contributed by atoms with Gasteiger partial charge in [-0.15, -0.1) is 0 Å². The molecular formula is C17H24N2O8. The van der Waals surface area contributed by atoms with E-state index < -0.39 is 28.6 Å². The molecule has 10 heteroatoms. The van der Waals surface area contributed by atoms with E-state index in [1.807, 2.05) is 0 Å². The molecule has 0 heterocycles. The monoisotopic (exact) mass is 384 g/mol. The maximum atomic E-state index is 12.1. The highest BCUT2D eigenvalue weighted by atomic mass is 16.6. The number of carbonyl (C=O) groups excluding carboxylic acids is 2. The molecule has 1 aromatic carbocycles. The molecule has 0 fully saturated rings. The normalized spacial score (nSPS) is 11.9. The Hall–Kier alpha value is -3.04. The van der Waals surface area contributed by atoms with Crippen LogP contribution in [-0.4, -0.2) is 50.0 Å². The lowest BCUT2D eigenvalue weighted by atomic mass is 10.0. The van der Waals surface area contributed by atoms with E-state index in [-0.39, 0.29) is 23.6 Å². The molecule has 0 spiro atoms. The van der Waals surface area contributed by atoms with E-state index in [1.165, 1.54) is 33.5 Å². The zero-order valence-corrected chi connectivity index (χ0v) is 16.2. The van der Waals surface area contributed by atoms with Crippen LogP contribution in [0.25, 0.3) is 0 Å². The number of nitrogens with one attached hydrogen (secondary N) is 1. The highest BCUT2D eigenvalue weighted by Gasteiger charge is 2.28. The van der Waals surface area contributed by atoms with Crippen molar-refractivity contribution in [1.82, 2.24) is 5.32 Å². The number of rotatable bonds is 7. The summed E-state index contributed by atoms with van der Waals surface area (Å²) in [5, 5.41) is 13.6.